The van der Waals surface area contributed by atoms with Gasteiger partial charge in [0.2, 0.25) is 0 Å². The van der Waals surface area contributed by atoms with Crippen LogP contribution in [0.15, 0.2) is 84.6 Å². The van der Waals surface area contributed by atoms with E-state index in [1.54, 1.807) is 6.08 Å². The molecule has 4 aromatic rings. The first-order valence-corrected chi connectivity index (χ1v) is 10.2. The van der Waals surface area contributed by atoms with Crippen molar-refractivity contribution in [3.8, 4) is 6.07 Å². The lowest BCUT2D eigenvalue weighted by Crippen LogP contribution is -2.13. The minimum absolute atomic E-state index is 0.0694. The molecule has 4 rings (SSSR count). The van der Waals surface area contributed by atoms with Gasteiger partial charge in [-0.3, -0.25) is 4.79 Å². The van der Waals surface area contributed by atoms with Crippen molar-refractivity contribution >= 4 is 28.6 Å². The lowest BCUT2D eigenvalue weighted by Gasteiger charge is -2.06. The van der Waals surface area contributed by atoms with Gasteiger partial charge in [-0.1, -0.05) is 60.2 Å². The minimum atomic E-state index is -0.413. The Hall–Kier alpha value is -4.10. The van der Waals surface area contributed by atoms with Crippen LogP contribution in [-0.4, -0.2) is 10.5 Å². The van der Waals surface area contributed by atoms with Gasteiger partial charge in [-0.2, -0.15) is 5.26 Å². The molecule has 4 nitrogen and oxygen atoms in total. The Kier molecular flexibility index (Phi) is 5.68. The number of amides is 1. The summed E-state index contributed by atoms with van der Waals surface area (Å²) in [7, 11) is 0. The van der Waals surface area contributed by atoms with E-state index in [2.05, 4.69) is 53.2 Å². The average molecular weight is 406 g/mol. The van der Waals surface area contributed by atoms with Gasteiger partial charge >= 0.3 is 0 Å². The van der Waals surface area contributed by atoms with Crippen molar-refractivity contribution in [3.63, 3.8) is 0 Å². The molecule has 0 aliphatic carbocycles. The molecule has 4 heteroatoms. The smallest absolute Gasteiger partial charge is 0.266 e. The van der Waals surface area contributed by atoms with Crippen LogP contribution in [0, 0.1) is 25.2 Å². The van der Waals surface area contributed by atoms with Gasteiger partial charge in [-0.05, 0) is 49.2 Å². The number of anilines is 1. The molecule has 0 aliphatic heterocycles. The normalized spacial score (nSPS) is 11.3. The molecule has 3 aromatic carbocycles. The predicted molar refractivity (Wildman–Crippen MR) is 126 cm³/mol. The summed E-state index contributed by atoms with van der Waals surface area (Å²) >= 11 is 0. The van der Waals surface area contributed by atoms with E-state index < -0.39 is 5.91 Å². The summed E-state index contributed by atoms with van der Waals surface area (Å²) in [4.78, 5) is 12.7. The Balaban J connectivity index is 1.68. The number of rotatable bonds is 5. The zero-order valence-corrected chi connectivity index (χ0v) is 17.6. The Morgan fingerprint density at radius 1 is 1.00 bits per heavy atom. The summed E-state index contributed by atoms with van der Waals surface area (Å²) in [6, 6.07) is 26.0. The van der Waals surface area contributed by atoms with E-state index in [1.165, 1.54) is 11.1 Å². The second kappa shape index (κ2) is 8.73. The van der Waals surface area contributed by atoms with Crippen molar-refractivity contribution in [2.45, 2.75) is 20.4 Å². The molecule has 152 valence electrons. The zero-order valence-electron chi connectivity index (χ0n) is 17.6. The van der Waals surface area contributed by atoms with Crippen LogP contribution in [-0.2, 0) is 11.3 Å². The quantitative estimate of drug-likeness (QED) is 0.334. The number of carbonyl (C=O) groups excluding carboxylic acids is 1. The van der Waals surface area contributed by atoms with Crippen LogP contribution in [0.25, 0.3) is 17.0 Å². The van der Waals surface area contributed by atoms with Gasteiger partial charge in [-0.25, -0.2) is 0 Å². The molecule has 0 saturated heterocycles. The van der Waals surface area contributed by atoms with Gasteiger partial charge in [0.15, 0.2) is 0 Å². The van der Waals surface area contributed by atoms with Crippen LogP contribution in [0.4, 0.5) is 5.69 Å². The van der Waals surface area contributed by atoms with Crippen LogP contribution in [0.2, 0.25) is 0 Å². The lowest BCUT2D eigenvalue weighted by atomic mass is 10.1. The van der Waals surface area contributed by atoms with E-state index in [1.807, 2.05) is 55.6 Å². The number of nitriles is 1. The van der Waals surface area contributed by atoms with Crippen LogP contribution in [0.1, 0.15) is 22.3 Å². The maximum Gasteiger partial charge on any atom is 0.266 e. The van der Waals surface area contributed by atoms with Crippen molar-refractivity contribution in [1.29, 1.82) is 5.26 Å². The molecule has 31 heavy (non-hydrogen) atoms. The van der Waals surface area contributed by atoms with Crippen molar-refractivity contribution in [1.82, 2.24) is 4.57 Å². The molecule has 0 unspecified atom stereocenters. The van der Waals surface area contributed by atoms with Crippen LogP contribution < -0.4 is 5.32 Å². The van der Waals surface area contributed by atoms with Crippen molar-refractivity contribution < 1.29 is 4.79 Å². The molecule has 0 bridgehead atoms. The Morgan fingerprint density at radius 2 is 1.74 bits per heavy atom. The highest BCUT2D eigenvalue weighted by molar-refractivity contribution is 6.10. The number of aryl methyl sites for hydroxylation is 2. The number of nitrogens with zero attached hydrogens (tertiary/aromatic N) is 2. The third kappa shape index (κ3) is 4.57. The molecule has 0 spiro atoms. The maximum absolute atomic E-state index is 12.7. The number of hydrogen-bond acceptors (Lipinski definition) is 2. The molecule has 1 N–H and O–H groups in total. The van der Waals surface area contributed by atoms with Crippen molar-refractivity contribution in [3.05, 3.63) is 107 Å². The minimum Gasteiger partial charge on any atom is -0.342 e. The molecule has 0 radical (unpaired) electrons. The molecule has 0 fully saturated rings. The Morgan fingerprint density at radius 3 is 2.48 bits per heavy atom. The molecular weight excluding hydrogens is 382 g/mol. The second-order valence-corrected chi connectivity index (χ2v) is 7.71. The third-order valence-electron chi connectivity index (χ3n) is 5.20. The predicted octanol–water partition coefficient (Wildman–Crippen LogP) is 5.85. The number of carbonyl (C=O) groups is 1. The second-order valence-electron chi connectivity index (χ2n) is 7.71. The molecule has 0 aliphatic rings. The van der Waals surface area contributed by atoms with E-state index >= 15 is 0 Å². The molecule has 0 saturated carbocycles. The first kappa shape index (κ1) is 20.2. The highest BCUT2D eigenvalue weighted by Crippen LogP contribution is 2.25. The van der Waals surface area contributed by atoms with E-state index in [0.29, 0.717) is 12.2 Å². The molecule has 1 aromatic heterocycles. The summed E-state index contributed by atoms with van der Waals surface area (Å²) < 4.78 is 2.16. The summed E-state index contributed by atoms with van der Waals surface area (Å²) in [6.45, 7) is 4.75. The fourth-order valence-electron chi connectivity index (χ4n) is 3.75. The number of para-hydroxylation sites is 1. The molecule has 1 heterocycles. The number of hydrogen-bond donors (Lipinski definition) is 1. The van der Waals surface area contributed by atoms with Gasteiger partial charge in [0.25, 0.3) is 5.91 Å². The van der Waals surface area contributed by atoms with Crippen LogP contribution >= 0.6 is 0 Å². The van der Waals surface area contributed by atoms with Crippen LogP contribution in [0.3, 0.4) is 0 Å². The SMILES string of the molecule is Cc1cccc(Cn2cc(C=C(C#N)C(=O)Nc3cccc(C)c3)c3ccccc32)c1. The summed E-state index contributed by atoms with van der Waals surface area (Å²) in [5.41, 5.74) is 6.11. The van der Waals surface area contributed by atoms with Gasteiger partial charge in [-0.15, -0.1) is 0 Å². The van der Waals surface area contributed by atoms with Crippen LogP contribution in [0.5, 0.6) is 0 Å². The first-order valence-electron chi connectivity index (χ1n) is 10.2. The maximum atomic E-state index is 12.7. The van der Waals surface area contributed by atoms with Gasteiger partial charge < -0.3 is 9.88 Å². The van der Waals surface area contributed by atoms with E-state index in [9.17, 15) is 10.1 Å². The largest absolute Gasteiger partial charge is 0.342 e. The van der Waals surface area contributed by atoms with E-state index in [0.717, 1.165) is 22.0 Å². The van der Waals surface area contributed by atoms with Crippen molar-refractivity contribution in [2.75, 3.05) is 5.32 Å². The van der Waals surface area contributed by atoms with E-state index in [4.69, 9.17) is 0 Å². The van der Waals surface area contributed by atoms with Gasteiger partial charge in [0.05, 0.1) is 0 Å². The van der Waals surface area contributed by atoms with Crippen molar-refractivity contribution in [2.24, 2.45) is 0 Å². The fraction of sp³-hybridized carbons (Fsp3) is 0.111. The summed E-state index contributed by atoms with van der Waals surface area (Å²) in [5.74, 6) is -0.413. The molecule has 1 amide bonds. The standard InChI is InChI=1S/C27H23N3O/c1-19-7-5-9-21(13-19)17-30-18-23(25-11-3-4-12-26(25)30)15-22(16-28)27(31)29-24-10-6-8-20(2)14-24/h3-15,18H,17H2,1-2H3,(H,29,31). The third-order valence-corrected chi connectivity index (χ3v) is 5.20. The number of fused-ring (bicyclic) bond motifs is 1. The molecular formula is C27H23N3O. The van der Waals surface area contributed by atoms with Gasteiger partial charge in [0.1, 0.15) is 11.6 Å². The Bertz CT molecular complexity index is 1340. The Labute approximate surface area is 182 Å². The number of nitrogens with one attached hydrogen (secondary N) is 1. The zero-order chi connectivity index (χ0) is 21.8. The molecule has 0 atom stereocenters. The first-order chi connectivity index (χ1) is 15.0. The monoisotopic (exact) mass is 405 g/mol. The fourth-order valence-corrected chi connectivity index (χ4v) is 3.75. The number of aromatic nitrogens is 1. The number of benzene rings is 3. The lowest BCUT2D eigenvalue weighted by molar-refractivity contribution is -0.112. The highest BCUT2D eigenvalue weighted by Gasteiger charge is 2.13. The average Bonchev–Trinajstić information content (AvgIpc) is 3.09. The summed E-state index contributed by atoms with van der Waals surface area (Å²) in [5, 5.41) is 13.5. The topological polar surface area (TPSA) is 57.8 Å². The van der Waals surface area contributed by atoms with Gasteiger partial charge in [0, 0.05) is 34.9 Å². The highest BCUT2D eigenvalue weighted by atomic mass is 16.1. The summed E-state index contributed by atoms with van der Waals surface area (Å²) in [6.07, 6.45) is 3.67. The van der Waals surface area contributed by atoms with E-state index in [-0.39, 0.29) is 5.57 Å².